The highest BCUT2D eigenvalue weighted by Gasteiger charge is 2.39. The lowest BCUT2D eigenvalue weighted by Crippen LogP contribution is -2.37. The average molecular weight is 253 g/mol. The van der Waals surface area contributed by atoms with E-state index in [1.807, 2.05) is 0 Å². The van der Waals surface area contributed by atoms with Crippen molar-refractivity contribution >= 4 is 17.6 Å². The van der Waals surface area contributed by atoms with Gasteiger partial charge >= 0.3 is 11.9 Å². The normalized spacial score (nSPS) is 13.4. The molecule has 96 valence electrons. The third-order valence-corrected chi connectivity index (χ3v) is 2.38. The number of benzene rings is 1. The van der Waals surface area contributed by atoms with Crippen molar-refractivity contribution in [3.8, 4) is 0 Å². The van der Waals surface area contributed by atoms with Crippen LogP contribution in [0.5, 0.6) is 0 Å². The van der Waals surface area contributed by atoms with Crippen molar-refractivity contribution < 1.29 is 24.4 Å². The maximum absolute atomic E-state index is 11.2. The highest BCUT2D eigenvalue weighted by molar-refractivity contribution is 5.82. The Morgan fingerprint density at radius 2 is 1.83 bits per heavy atom. The minimum atomic E-state index is -1.86. The Morgan fingerprint density at radius 1 is 1.33 bits per heavy atom. The molecule has 0 spiro atoms. The third kappa shape index (κ3) is 2.62. The van der Waals surface area contributed by atoms with Crippen LogP contribution in [0.3, 0.4) is 0 Å². The van der Waals surface area contributed by atoms with Crippen molar-refractivity contribution in [2.75, 3.05) is 0 Å². The van der Waals surface area contributed by atoms with Crippen LogP contribution < -0.4 is 0 Å². The summed E-state index contributed by atoms with van der Waals surface area (Å²) in [6.07, 6.45) is 0. The average Bonchev–Trinajstić information content (AvgIpc) is 2.27. The second kappa shape index (κ2) is 4.82. The minimum Gasteiger partial charge on any atom is -0.478 e. The van der Waals surface area contributed by atoms with Gasteiger partial charge in [0.05, 0.1) is 4.92 Å². The van der Waals surface area contributed by atoms with Crippen LogP contribution in [-0.4, -0.2) is 22.0 Å². The topological polar surface area (TPSA) is 107 Å². The molecule has 0 aliphatic carbocycles. The van der Waals surface area contributed by atoms with Crippen LogP contribution in [0.15, 0.2) is 24.3 Å². The van der Waals surface area contributed by atoms with Gasteiger partial charge in [0.2, 0.25) is 5.60 Å². The smallest absolute Gasteiger partial charge is 0.352 e. The molecule has 1 unspecified atom stereocenters. The van der Waals surface area contributed by atoms with Crippen molar-refractivity contribution in [3.63, 3.8) is 0 Å². The fourth-order valence-electron chi connectivity index (χ4n) is 1.41. The van der Waals surface area contributed by atoms with Gasteiger partial charge in [-0.15, -0.1) is 0 Å². The second-order valence-corrected chi connectivity index (χ2v) is 3.74. The van der Waals surface area contributed by atoms with Crippen LogP contribution in [-0.2, 0) is 19.9 Å². The van der Waals surface area contributed by atoms with Crippen LogP contribution in [0.25, 0.3) is 0 Å². The number of carbonyl (C=O) groups is 2. The Balaban J connectivity index is 3.18. The monoisotopic (exact) mass is 253 g/mol. The molecular formula is C11H11NO6. The summed E-state index contributed by atoms with van der Waals surface area (Å²) >= 11 is 0. The number of esters is 1. The first kappa shape index (κ1) is 13.6. The number of hydrogen-bond acceptors (Lipinski definition) is 5. The van der Waals surface area contributed by atoms with Gasteiger partial charge in [-0.1, -0.05) is 0 Å². The standard InChI is InChI=1S/C11H11NO6/c1-7(13)18-11(2,10(14)15)8-3-5-9(6-4-8)12(16)17/h3-6H,1-2H3,(H,14,15). The molecule has 0 aliphatic heterocycles. The Kier molecular flexibility index (Phi) is 3.65. The molecule has 0 aromatic heterocycles. The number of aliphatic carboxylic acids is 1. The summed E-state index contributed by atoms with van der Waals surface area (Å²) in [6.45, 7) is 2.30. The van der Waals surface area contributed by atoms with Crippen molar-refractivity contribution in [1.29, 1.82) is 0 Å². The first-order valence-corrected chi connectivity index (χ1v) is 4.95. The number of carboxylic acids is 1. The van der Waals surface area contributed by atoms with Gasteiger partial charge in [0.15, 0.2) is 0 Å². The van der Waals surface area contributed by atoms with Crippen molar-refractivity contribution in [1.82, 2.24) is 0 Å². The SMILES string of the molecule is CC(=O)OC(C)(C(=O)O)c1ccc([N+](=O)[O-])cc1. The van der Waals surface area contributed by atoms with E-state index >= 15 is 0 Å². The molecule has 0 heterocycles. The molecule has 0 amide bonds. The zero-order chi connectivity index (χ0) is 13.9. The molecule has 0 saturated heterocycles. The van der Waals surface area contributed by atoms with E-state index in [9.17, 15) is 19.7 Å². The molecular weight excluding hydrogens is 242 g/mol. The molecule has 7 nitrogen and oxygen atoms in total. The highest BCUT2D eigenvalue weighted by Crippen LogP contribution is 2.27. The predicted molar refractivity (Wildman–Crippen MR) is 59.9 cm³/mol. The van der Waals surface area contributed by atoms with Crippen LogP contribution >= 0.6 is 0 Å². The third-order valence-electron chi connectivity index (χ3n) is 2.38. The van der Waals surface area contributed by atoms with Gasteiger partial charge in [-0.05, 0) is 19.1 Å². The molecule has 0 bridgehead atoms. The molecule has 0 saturated carbocycles. The van der Waals surface area contributed by atoms with E-state index in [-0.39, 0.29) is 11.3 Å². The molecule has 1 aromatic rings. The van der Waals surface area contributed by atoms with Crippen molar-refractivity contribution in [2.45, 2.75) is 19.4 Å². The Bertz CT molecular complexity index is 495. The van der Waals surface area contributed by atoms with Gasteiger partial charge in [0, 0.05) is 24.6 Å². The number of nitro groups is 1. The Morgan fingerprint density at radius 3 is 2.17 bits per heavy atom. The first-order chi connectivity index (χ1) is 8.27. The molecule has 0 aliphatic rings. The van der Waals surface area contributed by atoms with Crippen LogP contribution in [0.4, 0.5) is 5.69 Å². The van der Waals surface area contributed by atoms with E-state index in [2.05, 4.69) is 0 Å². The van der Waals surface area contributed by atoms with E-state index in [0.29, 0.717) is 0 Å². The largest absolute Gasteiger partial charge is 0.478 e. The fourth-order valence-corrected chi connectivity index (χ4v) is 1.41. The van der Waals surface area contributed by atoms with Crippen LogP contribution in [0.1, 0.15) is 19.4 Å². The molecule has 18 heavy (non-hydrogen) atoms. The van der Waals surface area contributed by atoms with Gasteiger partial charge in [-0.2, -0.15) is 0 Å². The second-order valence-electron chi connectivity index (χ2n) is 3.74. The van der Waals surface area contributed by atoms with Crippen LogP contribution in [0.2, 0.25) is 0 Å². The number of ether oxygens (including phenoxy) is 1. The molecule has 7 heteroatoms. The first-order valence-electron chi connectivity index (χ1n) is 4.95. The van der Waals surface area contributed by atoms with Crippen LogP contribution in [0, 0.1) is 10.1 Å². The molecule has 1 rings (SSSR count). The summed E-state index contributed by atoms with van der Waals surface area (Å²) in [5, 5.41) is 19.6. The summed E-state index contributed by atoms with van der Waals surface area (Å²) in [7, 11) is 0. The van der Waals surface area contributed by atoms with Gasteiger partial charge in [0.1, 0.15) is 0 Å². The van der Waals surface area contributed by atoms with E-state index in [1.54, 1.807) is 0 Å². The van der Waals surface area contributed by atoms with E-state index < -0.39 is 22.5 Å². The number of rotatable bonds is 4. The lowest BCUT2D eigenvalue weighted by Gasteiger charge is -2.24. The number of hydrogen-bond donors (Lipinski definition) is 1. The predicted octanol–water partition coefficient (Wildman–Crippen LogP) is 1.46. The maximum Gasteiger partial charge on any atom is 0.352 e. The van der Waals surface area contributed by atoms with E-state index in [0.717, 1.165) is 19.1 Å². The van der Waals surface area contributed by atoms with Gasteiger partial charge in [-0.3, -0.25) is 14.9 Å². The summed E-state index contributed by atoms with van der Waals surface area (Å²) in [5.41, 5.74) is -1.88. The molecule has 1 N–H and O–H groups in total. The highest BCUT2D eigenvalue weighted by atomic mass is 16.6. The van der Waals surface area contributed by atoms with Crippen molar-refractivity contribution in [2.24, 2.45) is 0 Å². The minimum absolute atomic E-state index is 0.149. The van der Waals surface area contributed by atoms with E-state index in [4.69, 9.17) is 9.84 Å². The zero-order valence-corrected chi connectivity index (χ0v) is 9.75. The number of nitrogens with zero attached hydrogens (tertiary/aromatic N) is 1. The van der Waals surface area contributed by atoms with Gasteiger partial charge in [0.25, 0.3) is 5.69 Å². The van der Waals surface area contributed by atoms with Gasteiger partial charge in [-0.25, -0.2) is 4.79 Å². The summed E-state index contributed by atoms with van der Waals surface area (Å²) < 4.78 is 4.78. The number of carboxylic acid groups (broad SMARTS) is 1. The summed E-state index contributed by atoms with van der Waals surface area (Å²) in [6, 6.07) is 4.80. The number of non-ortho nitro benzene ring substituents is 1. The lowest BCUT2D eigenvalue weighted by molar-refractivity contribution is -0.384. The molecule has 1 atom stereocenters. The quantitative estimate of drug-likeness (QED) is 0.494. The molecule has 0 radical (unpaired) electrons. The summed E-state index contributed by atoms with van der Waals surface area (Å²) in [5.74, 6) is -2.11. The Labute approximate surface area is 102 Å². The fraction of sp³-hybridized carbons (Fsp3) is 0.273. The molecule has 1 aromatic carbocycles. The number of nitro benzene ring substituents is 1. The molecule has 0 fully saturated rings. The lowest BCUT2D eigenvalue weighted by atomic mass is 9.95. The Hall–Kier alpha value is -2.44. The maximum atomic E-state index is 11.2. The zero-order valence-electron chi connectivity index (χ0n) is 9.75. The number of carbonyl (C=O) groups excluding carboxylic acids is 1. The van der Waals surface area contributed by atoms with Crippen molar-refractivity contribution in [3.05, 3.63) is 39.9 Å². The van der Waals surface area contributed by atoms with Gasteiger partial charge < -0.3 is 9.84 Å². The van der Waals surface area contributed by atoms with E-state index in [1.165, 1.54) is 19.1 Å². The summed E-state index contributed by atoms with van der Waals surface area (Å²) in [4.78, 5) is 32.0.